The molecule has 1 heterocycles. The molecule has 4 aromatic rings. The van der Waals surface area contributed by atoms with Gasteiger partial charge in [-0.05, 0) is 55.6 Å². The van der Waals surface area contributed by atoms with Gasteiger partial charge in [0.15, 0.2) is 11.5 Å². The Morgan fingerprint density at radius 2 is 1.22 bits per heavy atom. The molecule has 2 unspecified atom stereocenters. The summed E-state index contributed by atoms with van der Waals surface area (Å²) in [5, 5.41) is 3.25. The van der Waals surface area contributed by atoms with E-state index in [1.54, 1.807) is 12.1 Å². The molecular formula is C35H38N2O4. The number of carbonyl (C=O) groups excluding carboxylic acids is 1. The van der Waals surface area contributed by atoms with Crippen molar-refractivity contribution in [3.63, 3.8) is 0 Å². The number of amides is 1. The van der Waals surface area contributed by atoms with E-state index in [9.17, 15) is 4.79 Å². The molecule has 0 radical (unpaired) electrons. The summed E-state index contributed by atoms with van der Waals surface area (Å²) in [5.74, 6) is 1.27. The predicted molar refractivity (Wildman–Crippen MR) is 161 cm³/mol. The first-order valence-electron chi connectivity index (χ1n) is 14.2. The highest BCUT2D eigenvalue weighted by molar-refractivity contribution is 5.95. The van der Waals surface area contributed by atoms with Crippen LogP contribution in [0.5, 0.6) is 17.2 Å². The molecule has 1 saturated heterocycles. The number of ether oxygens (including phenoxy) is 3. The molecule has 4 aromatic carbocycles. The van der Waals surface area contributed by atoms with Crippen molar-refractivity contribution in [2.45, 2.75) is 51.7 Å². The first kappa shape index (κ1) is 28.2. The molecule has 6 heteroatoms. The Bertz CT molecular complexity index is 1330. The number of benzene rings is 4. The van der Waals surface area contributed by atoms with E-state index < -0.39 is 0 Å². The van der Waals surface area contributed by atoms with E-state index in [1.807, 2.05) is 91.0 Å². The van der Waals surface area contributed by atoms with Gasteiger partial charge < -0.3 is 24.4 Å². The topological polar surface area (TPSA) is 60.0 Å². The maximum absolute atomic E-state index is 13.6. The van der Waals surface area contributed by atoms with Crippen molar-refractivity contribution in [1.82, 2.24) is 10.2 Å². The highest BCUT2D eigenvalue weighted by atomic mass is 16.5. The van der Waals surface area contributed by atoms with Crippen LogP contribution in [0.2, 0.25) is 0 Å². The summed E-state index contributed by atoms with van der Waals surface area (Å²) in [6.07, 6.45) is 1.83. The van der Waals surface area contributed by atoms with Gasteiger partial charge in [-0.25, -0.2) is 0 Å². The molecule has 0 aliphatic carbocycles. The van der Waals surface area contributed by atoms with E-state index in [2.05, 4.69) is 24.2 Å². The van der Waals surface area contributed by atoms with Gasteiger partial charge >= 0.3 is 0 Å². The Morgan fingerprint density at radius 3 is 1.68 bits per heavy atom. The van der Waals surface area contributed by atoms with Gasteiger partial charge in [0, 0.05) is 24.2 Å². The van der Waals surface area contributed by atoms with Gasteiger partial charge in [-0.2, -0.15) is 0 Å². The zero-order valence-electron chi connectivity index (χ0n) is 23.8. The summed E-state index contributed by atoms with van der Waals surface area (Å²) in [7, 11) is 2.13. The van der Waals surface area contributed by atoms with E-state index in [1.165, 1.54) is 0 Å². The molecule has 1 aliphatic rings. The third-order valence-corrected chi connectivity index (χ3v) is 7.53. The minimum Gasteiger partial charge on any atom is -0.485 e. The number of piperidine rings is 1. The molecule has 212 valence electrons. The first-order valence-corrected chi connectivity index (χ1v) is 14.2. The van der Waals surface area contributed by atoms with Crippen molar-refractivity contribution in [1.29, 1.82) is 0 Å². The smallest absolute Gasteiger partial charge is 0.251 e. The molecule has 6 nitrogen and oxygen atoms in total. The average molecular weight is 551 g/mol. The molecule has 2 atom stereocenters. The number of carbonyl (C=O) groups is 1. The standard InChI is InChI=1S/C35H38N2O4/c1-26-20-31(18-19-37(26)2)36-35(38)30-21-32(39-23-27-12-6-3-7-13-27)34(41-25-29-16-10-5-11-17-29)33(22-30)40-24-28-14-8-4-9-15-28/h3-17,21-22,26,31H,18-20,23-25H2,1-2H3,(H,36,38). The van der Waals surface area contributed by atoms with Crippen molar-refractivity contribution in [3.8, 4) is 17.2 Å². The maximum atomic E-state index is 13.6. The Hall–Kier alpha value is -4.29. The maximum Gasteiger partial charge on any atom is 0.251 e. The number of likely N-dealkylation sites (tertiary alicyclic amines) is 1. The van der Waals surface area contributed by atoms with Crippen molar-refractivity contribution >= 4 is 5.91 Å². The highest BCUT2D eigenvalue weighted by Crippen LogP contribution is 2.40. The number of nitrogens with zero attached hydrogens (tertiary/aromatic N) is 1. The Morgan fingerprint density at radius 1 is 0.756 bits per heavy atom. The number of hydrogen-bond donors (Lipinski definition) is 1. The second kappa shape index (κ2) is 13.9. The van der Waals surface area contributed by atoms with Crippen LogP contribution in [0, 0.1) is 0 Å². The van der Waals surface area contributed by atoms with Crippen LogP contribution in [-0.4, -0.2) is 36.5 Å². The van der Waals surface area contributed by atoms with Crippen LogP contribution < -0.4 is 19.5 Å². The Labute approximate surface area is 242 Å². The van der Waals surface area contributed by atoms with Gasteiger partial charge in [-0.15, -0.1) is 0 Å². The van der Waals surface area contributed by atoms with E-state index in [-0.39, 0.29) is 11.9 Å². The first-order chi connectivity index (χ1) is 20.0. The lowest BCUT2D eigenvalue weighted by Crippen LogP contribution is -2.47. The largest absolute Gasteiger partial charge is 0.485 e. The van der Waals surface area contributed by atoms with Crippen molar-refractivity contribution < 1.29 is 19.0 Å². The van der Waals surface area contributed by atoms with Crippen molar-refractivity contribution in [3.05, 3.63) is 125 Å². The summed E-state index contributed by atoms with van der Waals surface area (Å²) in [5.41, 5.74) is 3.54. The zero-order chi connectivity index (χ0) is 28.4. The van der Waals surface area contributed by atoms with Gasteiger partial charge in [-0.1, -0.05) is 91.0 Å². The lowest BCUT2D eigenvalue weighted by atomic mass is 9.98. The minimum absolute atomic E-state index is 0.116. The van der Waals surface area contributed by atoms with Gasteiger partial charge in [-0.3, -0.25) is 4.79 Å². The molecule has 1 amide bonds. The highest BCUT2D eigenvalue weighted by Gasteiger charge is 2.26. The Kier molecular flexibility index (Phi) is 9.55. The molecule has 0 bridgehead atoms. The van der Waals surface area contributed by atoms with E-state index in [0.717, 1.165) is 36.1 Å². The molecule has 1 fully saturated rings. The molecule has 1 aliphatic heterocycles. The number of nitrogens with one attached hydrogen (secondary N) is 1. The van der Waals surface area contributed by atoms with E-state index in [0.29, 0.717) is 48.7 Å². The van der Waals surface area contributed by atoms with E-state index >= 15 is 0 Å². The summed E-state index contributed by atoms with van der Waals surface area (Å²) >= 11 is 0. The fourth-order valence-corrected chi connectivity index (χ4v) is 4.95. The second-order valence-corrected chi connectivity index (χ2v) is 10.6. The van der Waals surface area contributed by atoms with Crippen LogP contribution >= 0.6 is 0 Å². The van der Waals surface area contributed by atoms with Crippen LogP contribution in [0.3, 0.4) is 0 Å². The van der Waals surface area contributed by atoms with Crippen LogP contribution in [0.25, 0.3) is 0 Å². The normalized spacial score (nSPS) is 17.0. The second-order valence-electron chi connectivity index (χ2n) is 10.6. The molecule has 0 saturated carbocycles. The van der Waals surface area contributed by atoms with Crippen LogP contribution in [-0.2, 0) is 19.8 Å². The fraction of sp³-hybridized carbons (Fsp3) is 0.286. The summed E-state index contributed by atoms with van der Waals surface area (Å²) in [4.78, 5) is 15.9. The van der Waals surface area contributed by atoms with Crippen LogP contribution in [0.15, 0.2) is 103 Å². The third-order valence-electron chi connectivity index (χ3n) is 7.53. The average Bonchev–Trinajstić information content (AvgIpc) is 3.01. The van der Waals surface area contributed by atoms with Gasteiger partial charge in [0.25, 0.3) is 5.91 Å². The minimum atomic E-state index is -0.143. The quantitative estimate of drug-likeness (QED) is 0.227. The van der Waals surface area contributed by atoms with E-state index in [4.69, 9.17) is 14.2 Å². The molecule has 0 aromatic heterocycles. The van der Waals surface area contributed by atoms with Crippen LogP contribution in [0.1, 0.15) is 46.8 Å². The monoisotopic (exact) mass is 550 g/mol. The van der Waals surface area contributed by atoms with Crippen molar-refractivity contribution in [2.75, 3.05) is 13.6 Å². The van der Waals surface area contributed by atoms with Gasteiger partial charge in [0.1, 0.15) is 19.8 Å². The predicted octanol–water partition coefficient (Wildman–Crippen LogP) is 6.64. The third kappa shape index (κ3) is 7.89. The Balaban J connectivity index is 1.45. The number of rotatable bonds is 11. The van der Waals surface area contributed by atoms with Gasteiger partial charge in [0.05, 0.1) is 0 Å². The summed E-state index contributed by atoms with van der Waals surface area (Å²) in [6, 6.07) is 33.9. The number of hydrogen-bond acceptors (Lipinski definition) is 5. The summed E-state index contributed by atoms with van der Waals surface area (Å²) in [6.45, 7) is 4.15. The molecular weight excluding hydrogens is 512 g/mol. The molecule has 1 N–H and O–H groups in total. The summed E-state index contributed by atoms with van der Waals surface area (Å²) < 4.78 is 19.0. The SMILES string of the molecule is CC1CC(NC(=O)c2cc(OCc3ccccc3)c(OCc3ccccc3)c(OCc3ccccc3)c2)CCN1C. The molecule has 5 rings (SSSR count). The zero-order valence-corrected chi connectivity index (χ0v) is 23.8. The van der Waals surface area contributed by atoms with Crippen molar-refractivity contribution in [2.24, 2.45) is 0 Å². The fourth-order valence-electron chi connectivity index (χ4n) is 4.95. The lowest BCUT2D eigenvalue weighted by Gasteiger charge is -2.35. The van der Waals surface area contributed by atoms with Gasteiger partial charge in [0.2, 0.25) is 5.75 Å². The molecule has 41 heavy (non-hydrogen) atoms. The van der Waals surface area contributed by atoms with Crippen LogP contribution in [0.4, 0.5) is 0 Å². The lowest BCUT2D eigenvalue weighted by molar-refractivity contribution is 0.0895. The molecule has 0 spiro atoms.